The summed E-state index contributed by atoms with van der Waals surface area (Å²) in [5.74, 6) is 0. The van der Waals surface area contributed by atoms with Crippen LogP contribution in [0.4, 0.5) is 17.1 Å². The molecular weight excluding hydrogens is 242 g/mol. The predicted octanol–water partition coefficient (Wildman–Crippen LogP) is 3.77. The van der Waals surface area contributed by atoms with Gasteiger partial charge in [-0.2, -0.15) is 0 Å². The molecule has 19 heavy (non-hydrogen) atoms. The minimum atomic E-state index is -0.342. The molecule has 1 saturated carbocycles. The molecule has 5 nitrogen and oxygen atoms in total. The highest BCUT2D eigenvalue weighted by atomic mass is 16.6. The fourth-order valence-corrected chi connectivity index (χ4v) is 2.34. The van der Waals surface area contributed by atoms with Gasteiger partial charge in [-0.1, -0.05) is 6.92 Å². The van der Waals surface area contributed by atoms with Gasteiger partial charge in [-0.25, -0.2) is 0 Å². The van der Waals surface area contributed by atoms with Crippen molar-refractivity contribution >= 4 is 17.1 Å². The van der Waals surface area contributed by atoms with Gasteiger partial charge in [0.25, 0.3) is 5.69 Å². The van der Waals surface area contributed by atoms with Crippen molar-refractivity contribution in [2.24, 2.45) is 0 Å². The smallest absolute Gasteiger partial charge is 0.273 e. The number of hydrogen-bond donors (Lipinski definition) is 2. The van der Waals surface area contributed by atoms with E-state index in [1.54, 1.807) is 12.1 Å². The van der Waals surface area contributed by atoms with E-state index in [0.29, 0.717) is 0 Å². The normalized spacial score (nSPS) is 16.5. The van der Waals surface area contributed by atoms with Crippen molar-refractivity contribution < 1.29 is 4.92 Å². The molecule has 1 aliphatic carbocycles. The molecule has 5 heteroatoms. The zero-order chi connectivity index (χ0) is 13.9. The lowest BCUT2D eigenvalue weighted by Crippen LogP contribution is -2.41. The lowest BCUT2D eigenvalue weighted by molar-refractivity contribution is -0.384. The number of nitro benzene ring substituents is 1. The van der Waals surface area contributed by atoms with Crippen LogP contribution in [0.25, 0.3) is 0 Å². The molecule has 2 N–H and O–H groups in total. The van der Waals surface area contributed by atoms with Crippen molar-refractivity contribution in [1.29, 1.82) is 0 Å². The fourth-order valence-electron chi connectivity index (χ4n) is 2.34. The summed E-state index contributed by atoms with van der Waals surface area (Å²) < 4.78 is 0. The van der Waals surface area contributed by atoms with Crippen LogP contribution in [0.5, 0.6) is 0 Å². The van der Waals surface area contributed by atoms with E-state index in [1.807, 2.05) is 6.07 Å². The monoisotopic (exact) mass is 263 g/mol. The van der Waals surface area contributed by atoms with Gasteiger partial charge in [0, 0.05) is 35.6 Å². The minimum absolute atomic E-state index is 0.0945. The standard InChI is InChI=1S/C14H21N3O2/c1-3-7-15-11-8-12(10-13(9-11)17(18)19)16-14(2)5-4-6-14/h8-10,15-16H,3-7H2,1-2H3. The maximum atomic E-state index is 11.0. The Kier molecular flexibility index (Phi) is 3.93. The van der Waals surface area contributed by atoms with E-state index in [0.717, 1.165) is 37.2 Å². The molecule has 0 unspecified atom stereocenters. The second kappa shape index (κ2) is 5.47. The number of rotatable bonds is 6. The zero-order valence-corrected chi connectivity index (χ0v) is 11.5. The third-order valence-electron chi connectivity index (χ3n) is 3.61. The van der Waals surface area contributed by atoms with E-state index in [2.05, 4.69) is 24.5 Å². The van der Waals surface area contributed by atoms with Gasteiger partial charge in [0.1, 0.15) is 0 Å². The average molecular weight is 263 g/mol. The van der Waals surface area contributed by atoms with Crippen LogP contribution in [0, 0.1) is 10.1 Å². The Hall–Kier alpha value is -1.78. The first kappa shape index (κ1) is 13.6. The van der Waals surface area contributed by atoms with Crippen LogP contribution in [0.2, 0.25) is 0 Å². The van der Waals surface area contributed by atoms with E-state index in [-0.39, 0.29) is 16.1 Å². The first-order valence-electron chi connectivity index (χ1n) is 6.84. The number of nitrogens with one attached hydrogen (secondary N) is 2. The Morgan fingerprint density at radius 3 is 2.53 bits per heavy atom. The van der Waals surface area contributed by atoms with Gasteiger partial charge >= 0.3 is 0 Å². The van der Waals surface area contributed by atoms with Crippen LogP contribution in [0.1, 0.15) is 39.5 Å². The van der Waals surface area contributed by atoms with Crippen LogP contribution in [0.3, 0.4) is 0 Å². The van der Waals surface area contributed by atoms with Gasteiger partial charge in [0.15, 0.2) is 0 Å². The molecule has 2 rings (SSSR count). The van der Waals surface area contributed by atoms with E-state index in [4.69, 9.17) is 0 Å². The van der Waals surface area contributed by atoms with Crippen molar-refractivity contribution in [3.8, 4) is 0 Å². The Bertz CT molecular complexity index is 470. The molecule has 104 valence electrons. The quantitative estimate of drug-likeness (QED) is 0.605. The summed E-state index contributed by atoms with van der Waals surface area (Å²) in [5, 5.41) is 17.6. The van der Waals surface area contributed by atoms with Crippen LogP contribution in [-0.4, -0.2) is 17.0 Å². The molecule has 1 aliphatic rings. The highest BCUT2D eigenvalue weighted by Crippen LogP contribution is 2.36. The van der Waals surface area contributed by atoms with E-state index in [9.17, 15) is 10.1 Å². The topological polar surface area (TPSA) is 67.2 Å². The summed E-state index contributed by atoms with van der Waals surface area (Å²) in [7, 11) is 0. The van der Waals surface area contributed by atoms with Crippen LogP contribution in [-0.2, 0) is 0 Å². The minimum Gasteiger partial charge on any atom is -0.385 e. The molecule has 1 aromatic carbocycles. The number of non-ortho nitro benzene ring substituents is 1. The molecule has 0 saturated heterocycles. The maximum absolute atomic E-state index is 11.0. The van der Waals surface area contributed by atoms with Crippen molar-refractivity contribution in [3.63, 3.8) is 0 Å². The molecular formula is C14H21N3O2. The van der Waals surface area contributed by atoms with Gasteiger partial charge in [0.2, 0.25) is 0 Å². The molecule has 1 aromatic rings. The summed E-state index contributed by atoms with van der Waals surface area (Å²) in [6.07, 6.45) is 4.45. The van der Waals surface area contributed by atoms with Crippen LogP contribution >= 0.6 is 0 Å². The Morgan fingerprint density at radius 1 is 1.32 bits per heavy atom. The summed E-state index contributed by atoms with van der Waals surface area (Å²) in [4.78, 5) is 10.6. The molecule has 0 aromatic heterocycles. The number of hydrogen-bond acceptors (Lipinski definition) is 4. The average Bonchev–Trinajstić information content (AvgIpc) is 2.34. The van der Waals surface area contributed by atoms with Gasteiger partial charge in [-0.15, -0.1) is 0 Å². The first-order valence-corrected chi connectivity index (χ1v) is 6.84. The lowest BCUT2D eigenvalue weighted by atomic mass is 9.78. The Morgan fingerprint density at radius 2 is 2.00 bits per heavy atom. The third-order valence-corrected chi connectivity index (χ3v) is 3.61. The van der Waals surface area contributed by atoms with Crippen molar-refractivity contribution in [2.75, 3.05) is 17.2 Å². The largest absolute Gasteiger partial charge is 0.385 e. The molecule has 0 radical (unpaired) electrons. The second-order valence-corrected chi connectivity index (χ2v) is 5.49. The third kappa shape index (κ3) is 3.36. The Balaban J connectivity index is 2.20. The molecule has 1 fully saturated rings. The predicted molar refractivity (Wildman–Crippen MR) is 77.8 cm³/mol. The molecule has 0 aliphatic heterocycles. The molecule has 0 bridgehead atoms. The van der Waals surface area contributed by atoms with Gasteiger partial charge < -0.3 is 10.6 Å². The molecule has 0 heterocycles. The SMILES string of the molecule is CCCNc1cc(NC2(C)CCC2)cc([N+](=O)[O-])c1. The number of anilines is 2. The highest BCUT2D eigenvalue weighted by molar-refractivity contribution is 5.64. The summed E-state index contributed by atoms with van der Waals surface area (Å²) in [6.45, 7) is 5.05. The summed E-state index contributed by atoms with van der Waals surface area (Å²) in [6, 6.07) is 5.15. The van der Waals surface area contributed by atoms with Crippen LogP contribution in [0.15, 0.2) is 18.2 Å². The Labute approximate surface area is 113 Å². The number of nitro groups is 1. The number of benzene rings is 1. The van der Waals surface area contributed by atoms with Crippen LogP contribution < -0.4 is 10.6 Å². The van der Waals surface area contributed by atoms with Crippen molar-refractivity contribution in [2.45, 2.75) is 45.1 Å². The van der Waals surface area contributed by atoms with Crippen molar-refractivity contribution in [3.05, 3.63) is 28.3 Å². The first-order chi connectivity index (χ1) is 9.02. The summed E-state index contributed by atoms with van der Waals surface area (Å²) >= 11 is 0. The van der Waals surface area contributed by atoms with Gasteiger partial charge in [-0.3, -0.25) is 10.1 Å². The van der Waals surface area contributed by atoms with Crippen molar-refractivity contribution in [1.82, 2.24) is 0 Å². The van der Waals surface area contributed by atoms with Gasteiger partial charge in [0.05, 0.1) is 4.92 Å². The van der Waals surface area contributed by atoms with E-state index >= 15 is 0 Å². The molecule has 0 atom stereocenters. The molecule has 0 spiro atoms. The highest BCUT2D eigenvalue weighted by Gasteiger charge is 2.31. The zero-order valence-electron chi connectivity index (χ0n) is 11.5. The van der Waals surface area contributed by atoms with E-state index in [1.165, 1.54) is 6.42 Å². The van der Waals surface area contributed by atoms with Gasteiger partial charge in [-0.05, 0) is 38.7 Å². The molecule has 0 amide bonds. The lowest BCUT2D eigenvalue weighted by Gasteiger charge is -2.40. The second-order valence-electron chi connectivity index (χ2n) is 5.49. The summed E-state index contributed by atoms with van der Waals surface area (Å²) in [5.41, 5.74) is 1.86. The maximum Gasteiger partial charge on any atom is 0.273 e. The fraction of sp³-hybridized carbons (Fsp3) is 0.571. The number of nitrogens with zero attached hydrogens (tertiary/aromatic N) is 1. The van der Waals surface area contributed by atoms with E-state index < -0.39 is 0 Å².